The van der Waals surface area contributed by atoms with Crippen LogP contribution < -0.4 is 4.74 Å². The molecule has 1 saturated carbocycles. The highest BCUT2D eigenvalue weighted by molar-refractivity contribution is 7.84. The van der Waals surface area contributed by atoms with Gasteiger partial charge in [-0.25, -0.2) is 0 Å². The average molecular weight is 252 g/mol. The molecule has 0 heterocycles. The predicted molar refractivity (Wildman–Crippen MR) is 71.7 cm³/mol. The van der Waals surface area contributed by atoms with Crippen LogP contribution in [0.4, 0.5) is 0 Å². The maximum Gasteiger partial charge on any atom is 0.122 e. The van der Waals surface area contributed by atoms with Gasteiger partial charge in [-0.3, -0.25) is 4.21 Å². The fraction of sp³-hybridized carbons (Fsp3) is 0.571. The summed E-state index contributed by atoms with van der Waals surface area (Å²) in [6, 6.07) is 7.86. The number of para-hydroxylation sites is 1. The molecule has 1 atom stereocenters. The van der Waals surface area contributed by atoms with Crippen molar-refractivity contribution in [2.24, 2.45) is 5.92 Å². The maximum absolute atomic E-state index is 12.1. The molecular formula is C14H20O2S. The highest BCUT2D eigenvalue weighted by atomic mass is 32.2. The first-order valence-electron chi connectivity index (χ1n) is 6.26. The van der Waals surface area contributed by atoms with Crippen LogP contribution in [0.15, 0.2) is 24.3 Å². The van der Waals surface area contributed by atoms with E-state index in [1.807, 2.05) is 24.3 Å². The monoisotopic (exact) mass is 252 g/mol. The first kappa shape index (κ1) is 12.6. The van der Waals surface area contributed by atoms with Crippen LogP contribution in [0.2, 0.25) is 0 Å². The van der Waals surface area contributed by atoms with Gasteiger partial charge in [-0.15, -0.1) is 0 Å². The molecule has 2 nitrogen and oxygen atoms in total. The minimum atomic E-state index is -0.753. The van der Waals surface area contributed by atoms with Crippen molar-refractivity contribution in [3.05, 3.63) is 29.8 Å². The Bertz CT molecular complexity index is 384. The quantitative estimate of drug-likeness (QED) is 0.804. The summed E-state index contributed by atoms with van der Waals surface area (Å²) in [4.78, 5) is 0. The largest absolute Gasteiger partial charge is 0.496 e. The van der Waals surface area contributed by atoms with Gasteiger partial charge in [0, 0.05) is 22.1 Å². The standard InChI is InChI=1S/C14H20O2S/c1-16-14-9-5-4-8-13(14)11-17(15)10-12-6-2-3-7-12/h4-5,8-9,12H,2-3,6-7,10-11H2,1H3/t17-/m1/s1. The van der Waals surface area contributed by atoms with Gasteiger partial charge in [-0.1, -0.05) is 31.0 Å². The summed E-state index contributed by atoms with van der Waals surface area (Å²) in [6.07, 6.45) is 5.16. The molecule has 3 heteroatoms. The van der Waals surface area contributed by atoms with Crippen molar-refractivity contribution >= 4 is 10.8 Å². The van der Waals surface area contributed by atoms with E-state index >= 15 is 0 Å². The lowest BCUT2D eigenvalue weighted by Gasteiger charge is -2.10. The number of rotatable bonds is 5. The van der Waals surface area contributed by atoms with Crippen LogP contribution in [0.1, 0.15) is 31.2 Å². The molecular weight excluding hydrogens is 232 g/mol. The van der Waals surface area contributed by atoms with Crippen LogP contribution >= 0.6 is 0 Å². The Labute approximate surface area is 106 Å². The molecule has 1 aliphatic rings. The van der Waals surface area contributed by atoms with Gasteiger partial charge in [0.25, 0.3) is 0 Å². The Morgan fingerprint density at radius 3 is 2.71 bits per heavy atom. The summed E-state index contributed by atoms with van der Waals surface area (Å²) < 4.78 is 17.4. The Kier molecular flexibility index (Phi) is 4.60. The van der Waals surface area contributed by atoms with E-state index in [4.69, 9.17) is 4.74 Å². The lowest BCUT2D eigenvalue weighted by molar-refractivity contribution is 0.411. The predicted octanol–water partition coefficient (Wildman–Crippen LogP) is 3.13. The second-order valence-electron chi connectivity index (χ2n) is 4.71. The number of hydrogen-bond donors (Lipinski definition) is 0. The molecule has 0 radical (unpaired) electrons. The molecule has 0 aliphatic heterocycles. The lowest BCUT2D eigenvalue weighted by atomic mass is 10.1. The fourth-order valence-corrected chi connectivity index (χ4v) is 4.06. The highest BCUT2D eigenvalue weighted by Crippen LogP contribution is 2.26. The van der Waals surface area contributed by atoms with Crippen LogP contribution in [0.3, 0.4) is 0 Å². The van der Waals surface area contributed by atoms with Crippen molar-refractivity contribution in [1.82, 2.24) is 0 Å². The molecule has 0 spiro atoms. The van der Waals surface area contributed by atoms with Crippen molar-refractivity contribution in [2.75, 3.05) is 12.9 Å². The van der Waals surface area contributed by atoms with E-state index in [0.29, 0.717) is 11.7 Å². The van der Waals surface area contributed by atoms with Crippen molar-refractivity contribution in [1.29, 1.82) is 0 Å². The second-order valence-corrected chi connectivity index (χ2v) is 6.21. The molecule has 1 fully saturated rings. The summed E-state index contributed by atoms with van der Waals surface area (Å²) in [5, 5.41) is 0. The van der Waals surface area contributed by atoms with Crippen molar-refractivity contribution in [2.45, 2.75) is 31.4 Å². The van der Waals surface area contributed by atoms with E-state index in [0.717, 1.165) is 17.1 Å². The maximum atomic E-state index is 12.1. The summed E-state index contributed by atoms with van der Waals surface area (Å²) in [7, 11) is 0.913. The van der Waals surface area contributed by atoms with Crippen LogP contribution in [0.25, 0.3) is 0 Å². The van der Waals surface area contributed by atoms with E-state index in [2.05, 4.69) is 0 Å². The second kappa shape index (κ2) is 6.20. The van der Waals surface area contributed by atoms with Gasteiger partial charge < -0.3 is 4.74 Å². The average Bonchev–Trinajstić information content (AvgIpc) is 2.82. The fourth-order valence-electron chi connectivity index (χ4n) is 2.49. The molecule has 0 unspecified atom stereocenters. The van der Waals surface area contributed by atoms with Crippen molar-refractivity contribution < 1.29 is 8.95 Å². The smallest absolute Gasteiger partial charge is 0.122 e. The first-order chi connectivity index (χ1) is 8.29. The summed E-state index contributed by atoms with van der Waals surface area (Å²) in [6.45, 7) is 0. The van der Waals surface area contributed by atoms with Gasteiger partial charge in [-0.2, -0.15) is 0 Å². The summed E-state index contributed by atoms with van der Waals surface area (Å²) >= 11 is 0. The topological polar surface area (TPSA) is 26.3 Å². The van der Waals surface area contributed by atoms with Gasteiger partial charge in [0.1, 0.15) is 5.75 Å². The molecule has 2 rings (SSSR count). The SMILES string of the molecule is COc1ccccc1C[S@](=O)CC1CCCC1. The Morgan fingerprint density at radius 1 is 1.29 bits per heavy atom. The van der Waals surface area contributed by atoms with E-state index in [1.165, 1.54) is 25.7 Å². The molecule has 1 aromatic rings. The third kappa shape index (κ3) is 3.56. The number of methoxy groups -OCH3 is 1. The Hall–Kier alpha value is -0.830. The molecule has 17 heavy (non-hydrogen) atoms. The molecule has 1 aliphatic carbocycles. The van der Waals surface area contributed by atoms with Crippen molar-refractivity contribution in [3.8, 4) is 5.75 Å². The minimum Gasteiger partial charge on any atom is -0.496 e. The van der Waals surface area contributed by atoms with Gasteiger partial charge >= 0.3 is 0 Å². The van der Waals surface area contributed by atoms with E-state index in [9.17, 15) is 4.21 Å². The van der Waals surface area contributed by atoms with Crippen LogP contribution in [-0.4, -0.2) is 17.1 Å². The summed E-state index contributed by atoms with van der Waals surface area (Å²) in [5.74, 6) is 3.02. The molecule has 94 valence electrons. The number of ether oxygens (including phenoxy) is 1. The van der Waals surface area contributed by atoms with E-state index in [1.54, 1.807) is 7.11 Å². The normalized spacial score (nSPS) is 18.2. The number of benzene rings is 1. The van der Waals surface area contributed by atoms with Crippen LogP contribution in [0.5, 0.6) is 5.75 Å². The van der Waals surface area contributed by atoms with Gasteiger partial charge in [0.15, 0.2) is 0 Å². The lowest BCUT2D eigenvalue weighted by Crippen LogP contribution is -2.09. The van der Waals surface area contributed by atoms with Gasteiger partial charge in [0.05, 0.1) is 12.9 Å². The van der Waals surface area contributed by atoms with Gasteiger partial charge in [0.2, 0.25) is 0 Å². The van der Waals surface area contributed by atoms with Crippen LogP contribution in [-0.2, 0) is 16.6 Å². The third-order valence-electron chi connectivity index (χ3n) is 3.41. The molecule has 0 saturated heterocycles. The van der Waals surface area contributed by atoms with Crippen molar-refractivity contribution in [3.63, 3.8) is 0 Å². The van der Waals surface area contributed by atoms with Crippen LogP contribution in [0, 0.1) is 5.92 Å². The molecule has 0 N–H and O–H groups in total. The van der Waals surface area contributed by atoms with E-state index < -0.39 is 10.8 Å². The first-order valence-corrected chi connectivity index (χ1v) is 7.75. The zero-order valence-corrected chi connectivity index (χ0v) is 11.2. The highest BCUT2D eigenvalue weighted by Gasteiger charge is 2.18. The molecule has 0 bridgehead atoms. The minimum absolute atomic E-state index is 0.626. The number of hydrogen-bond acceptors (Lipinski definition) is 2. The summed E-state index contributed by atoms with van der Waals surface area (Å²) in [5.41, 5.74) is 1.06. The van der Waals surface area contributed by atoms with Gasteiger partial charge in [-0.05, 0) is 24.8 Å². The molecule has 1 aromatic carbocycles. The third-order valence-corrected chi connectivity index (χ3v) is 4.88. The van der Waals surface area contributed by atoms with E-state index in [-0.39, 0.29) is 0 Å². The zero-order valence-electron chi connectivity index (χ0n) is 10.4. The Balaban J connectivity index is 1.92. The molecule has 0 aromatic heterocycles. The Morgan fingerprint density at radius 2 is 2.00 bits per heavy atom. The molecule has 0 amide bonds. The zero-order chi connectivity index (χ0) is 12.1.